The Hall–Kier alpha value is -1.03. The summed E-state index contributed by atoms with van der Waals surface area (Å²) in [5.41, 5.74) is 3.57. The predicted octanol–water partition coefficient (Wildman–Crippen LogP) is 3.00. The van der Waals surface area contributed by atoms with E-state index in [0.717, 1.165) is 16.7 Å². The SMILES string of the molecule is NNC(c1cc2cccc(Cl)c2o1)C1CC1. The summed E-state index contributed by atoms with van der Waals surface area (Å²) in [5.74, 6) is 7.05. The van der Waals surface area contributed by atoms with Crippen LogP contribution in [0.3, 0.4) is 0 Å². The van der Waals surface area contributed by atoms with E-state index in [1.54, 1.807) is 0 Å². The van der Waals surface area contributed by atoms with Crippen molar-refractivity contribution >= 4 is 22.6 Å². The van der Waals surface area contributed by atoms with Crippen molar-refractivity contribution in [3.63, 3.8) is 0 Å². The summed E-state index contributed by atoms with van der Waals surface area (Å²) >= 11 is 6.07. The van der Waals surface area contributed by atoms with E-state index in [2.05, 4.69) is 5.43 Å². The number of fused-ring (bicyclic) bond motifs is 1. The van der Waals surface area contributed by atoms with Gasteiger partial charge in [0.25, 0.3) is 0 Å². The van der Waals surface area contributed by atoms with Crippen LogP contribution in [0.5, 0.6) is 0 Å². The van der Waals surface area contributed by atoms with Crippen LogP contribution in [0.15, 0.2) is 28.7 Å². The van der Waals surface area contributed by atoms with E-state index in [-0.39, 0.29) is 6.04 Å². The summed E-state index contributed by atoms with van der Waals surface area (Å²) in [6.45, 7) is 0. The molecule has 1 heterocycles. The number of furan rings is 1. The fourth-order valence-corrected chi connectivity index (χ4v) is 2.30. The van der Waals surface area contributed by atoms with Crippen molar-refractivity contribution in [3.05, 3.63) is 35.0 Å². The van der Waals surface area contributed by atoms with E-state index in [4.69, 9.17) is 21.9 Å². The van der Waals surface area contributed by atoms with Crippen molar-refractivity contribution in [3.8, 4) is 0 Å². The van der Waals surface area contributed by atoms with Crippen LogP contribution in [0.25, 0.3) is 11.0 Å². The Morgan fingerprint density at radius 1 is 1.44 bits per heavy atom. The minimum Gasteiger partial charge on any atom is -0.458 e. The van der Waals surface area contributed by atoms with E-state index in [1.165, 1.54) is 12.8 Å². The summed E-state index contributed by atoms with van der Waals surface area (Å²) < 4.78 is 5.78. The van der Waals surface area contributed by atoms with Crippen molar-refractivity contribution in [1.82, 2.24) is 5.43 Å². The van der Waals surface area contributed by atoms with Gasteiger partial charge in [-0.05, 0) is 30.9 Å². The lowest BCUT2D eigenvalue weighted by Gasteiger charge is -2.10. The van der Waals surface area contributed by atoms with Gasteiger partial charge in [0.1, 0.15) is 5.76 Å². The van der Waals surface area contributed by atoms with Gasteiger partial charge in [-0.25, -0.2) is 5.43 Å². The van der Waals surface area contributed by atoms with Crippen molar-refractivity contribution in [2.45, 2.75) is 18.9 Å². The van der Waals surface area contributed by atoms with Gasteiger partial charge in [-0.15, -0.1) is 0 Å². The van der Waals surface area contributed by atoms with Gasteiger partial charge in [0, 0.05) is 5.39 Å². The molecule has 3 nitrogen and oxygen atoms in total. The highest BCUT2D eigenvalue weighted by atomic mass is 35.5. The number of hydrogen-bond donors (Lipinski definition) is 2. The number of hydrazine groups is 1. The minimum atomic E-state index is 0.114. The second-order valence-corrected chi connectivity index (χ2v) is 4.70. The molecule has 0 saturated heterocycles. The van der Waals surface area contributed by atoms with E-state index < -0.39 is 0 Å². The monoisotopic (exact) mass is 236 g/mol. The van der Waals surface area contributed by atoms with E-state index in [9.17, 15) is 0 Å². The maximum atomic E-state index is 6.07. The first kappa shape index (κ1) is 10.1. The van der Waals surface area contributed by atoms with Crippen LogP contribution in [0, 0.1) is 5.92 Å². The standard InChI is InChI=1S/C12H13ClN2O/c13-9-3-1-2-8-6-10(16-12(8)9)11(15-14)7-4-5-7/h1-3,6-7,11,15H,4-5,14H2. The molecule has 1 aromatic carbocycles. The number of halogens is 1. The molecular weight excluding hydrogens is 224 g/mol. The van der Waals surface area contributed by atoms with Crippen LogP contribution in [0.1, 0.15) is 24.6 Å². The van der Waals surface area contributed by atoms with Crippen molar-refractivity contribution in [2.24, 2.45) is 11.8 Å². The molecule has 16 heavy (non-hydrogen) atoms. The number of benzene rings is 1. The van der Waals surface area contributed by atoms with Crippen LogP contribution < -0.4 is 11.3 Å². The van der Waals surface area contributed by atoms with E-state index in [1.807, 2.05) is 24.3 Å². The van der Waals surface area contributed by atoms with Gasteiger partial charge in [0.2, 0.25) is 0 Å². The van der Waals surface area contributed by atoms with Gasteiger partial charge in [-0.1, -0.05) is 23.7 Å². The molecule has 4 heteroatoms. The summed E-state index contributed by atoms with van der Waals surface area (Å²) in [4.78, 5) is 0. The average molecular weight is 237 g/mol. The van der Waals surface area contributed by atoms with Gasteiger partial charge in [-0.3, -0.25) is 5.84 Å². The minimum absolute atomic E-state index is 0.114. The van der Waals surface area contributed by atoms with Gasteiger partial charge < -0.3 is 4.42 Å². The van der Waals surface area contributed by atoms with Crippen molar-refractivity contribution in [1.29, 1.82) is 0 Å². The fourth-order valence-electron chi connectivity index (χ4n) is 2.08. The van der Waals surface area contributed by atoms with Gasteiger partial charge in [0.05, 0.1) is 11.1 Å². The molecule has 1 aliphatic rings. The molecule has 1 unspecified atom stereocenters. The number of nitrogens with one attached hydrogen (secondary N) is 1. The Balaban J connectivity index is 2.06. The zero-order chi connectivity index (χ0) is 11.1. The topological polar surface area (TPSA) is 51.2 Å². The van der Waals surface area contributed by atoms with Crippen LogP contribution in [0.2, 0.25) is 5.02 Å². The molecular formula is C12H13ClN2O. The molecule has 1 atom stereocenters. The zero-order valence-corrected chi connectivity index (χ0v) is 9.50. The van der Waals surface area contributed by atoms with E-state index in [0.29, 0.717) is 10.9 Å². The lowest BCUT2D eigenvalue weighted by atomic mass is 10.1. The number of rotatable bonds is 3. The summed E-state index contributed by atoms with van der Waals surface area (Å²) in [7, 11) is 0. The third-order valence-corrected chi connectivity index (χ3v) is 3.39. The first-order valence-corrected chi connectivity index (χ1v) is 5.81. The Morgan fingerprint density at radius 3 is 2.88 bits per heavy atom. The average Bonchev–Trinajstić information content (AvgIpc) is 2.99. The highest BCUT2D eigenvalue weighted by Gasteiger charge is 2.33. The molecule has 0 radical (unpaired) electrons. The lowest BCUT2D eigenvalue weighted by Crippen LogP contribution is -2.29. The fraction of sp³-hybridized carbons (Fsp3) is 0.333. The van der Waals surface area contributed by atoms with Crippen LogP contribution >= 0.6 is 11.6 Å². The molecule has 1 aliphatic carbocycles. The molecule has 0 aliphatic heterocycles. The second-order valence-electron chi connectivity index (χ2n) is 4.29. The second kappa shape index (κ2) is 3.77. The summed E-state index contributed by atoms with van der Waals surface area (Å²) in [6.07, 6.45) is 2.42. The Bertz CT molecular complexity index is 519. The summed E-state index contributed by atoms with van der Waals surface area (Å²) in [5, 5.41) is 1.68. The number of para-hydroxylation sites is 1. The molecule has 0 spiro atoms. The largest absolute Gasteiger partial charge is 0.458 e. The maximum Gasteiger partial charge on any atom is 0.152 e. The Labute approximate surface area is 98.5 Å². The van der Waals surface area contributed by atoms with Gasteiger partial charge in [-0.2, -0.15) is 0 Å². The highest BCUT2D eigenvalue weighted by molar-refractivity contribution is 6.34. The summed E-state index contributed by atoms with van der Waals surface area (Å²) in [6, 6.07) is 7.88. The molecule has 0 amide bonds. The normalized spacial score (nSPS) is 17.9. The smallest absolute Gasteiger partial charge is 0.152 e. The molecule has 3 rings (SSSR count). The van der Waals surface area contributed by atoms with Crippen LogP contribution in [0.4, 0.5) is 0 Å². The first-order chi connectivity index (χ1) is 7.79. The third kappa shape index (κ3) is 1.61. The maximum absolute atomic E-state index is 6.07. The number of nitrogens with two attached hydrogens (primary N) is 1. The Morgan fingerprint density at radius 2 is 2.25 bits per heavy atom. The van der Waals surface area contributed by atoms with Gasteiger partial charge >= 0.3 is 0 Å². The molecule has 1 aromatic heterocycles. The van der Waals surface area contributed by atoms with Gasteiger partial charge in [0.15, 0.2) is 5.58 Å². The predicted molar refractivity (Wildman–Crippen MR) is 64.0 cm³/mol. The van der Waals surface area contributed by atoms with Crippen molar-refractivity contribution < 1.29 is 4.42 Å². The highest BCUT2D eigenvalue weighted by Crippen LogP contribution is 2.42. The molecule has 84 valence electrons. The Kier molecular flexibility index (Phi) is 2.39. The first-order valence-electron chi connectivity index (χ1n) is 5.43. The zero-order valence-electron chi connectivity index (χ0n) is 8.74. The van der Waals surface area contributed by atoms with Crippen LogP contribution in [-0.4, -0.2) is 0 Å². The molecule has 1 fully saturated rings. The quantitative estimate of drug-likeness (QED) is 0.636. The molecule has 3 N–H and O–H groups in total. The van der Waals surface area contributed by atoms with Crippen molar-refractivity contribution in [2.75, 3.05) is 0 Å². The molecule has 1 saturated carbocycles. The lowest BCUT2D eigenvalue weighted by molar-refractivity contribution is 0.403. The van der Waals surface area contributed by atoms with Crippen LogP contribution in [-0.2, 0) is 0 Å². The number of hydrogen-bond acceptors (Lipinski definition) is 3. The third-order valence-electron chi connectivity index (χ3n) is 3.09. The molecule has 2 aromatic rings. The van der Waals surface area contributed by atoms with E-state index >= 15 is 0 Å². The molecule has 0 bridgehead atoms.